The van der Waals surface area contributed by atoms with Crippen LogP contribution in [0.4, 0.5) is 5.69 Å². The second-order valence-corrected chi connectivity index (χ2v) is 13.1. The van der Waals surface area contributed by atoms with Gasteiger partial charge in [0.1, 0.15) is 11.9 Å². The number of fused-ring (bicyclic) bond motifs is 1. The highest BCUT2D eigenvalue weighted by Crippen LogP contribution is 2.30. The van der Waals surface area contributed by atoms with Crippen LogP contribution in [0, 0.1) is 0 Å². The smallest absolute Gasteiger partial charge is 0.249 e. The quantitative estimate of drug-likeness (QED) is 0.272. The lowest BCUT2D eigenvalue weighted by atomic mass is 9.92. The normalized spacial score (nSPS) is 14.2. The lowest BCUT2D eigenvalue weighted by Gasteiger charge is -2.32. The number of rotatable bonds is 7. The molecule has 1 amide bonds. The van der Waals surface area contributed by atoms with E-state index in [0.29, 0.717) is 16.3 Å². The number of halogens is 1. The lowest BCUT2D eigenvalue weighted by molar-refractivity contribution is -0.121. The SMILES string of the molecule is Cn1cc(-c2cc3c(-c4ccc(NC(=O)C(C)(NS(=O)C(C)(C)C)c5ccc(Cl)cc5)cc4)ncnn3c2)cn1. The molecule has 2 N–H and O–H groups in total. The van der Waals surface area contributed by atoms with Crippen LogP contribution in [0.5, 0.6) is 0 Å². The molecule has 2 aromatic carbocycles. The third kappa shape index (κ3) is 5.56. The van der Waals surface area contributed by atoms with Gasteiger partial charge in [-0.3, -0.25) is 9.48 Å². The molecule has 0 bridgehead atoms. The Kier molecular flexibility index (Phi) is 7.34. The molecule has 0 saturated carbocycles. The summed E-state index contributed by atoms with van der Waals surface area (Å²) < 4.78 is 19.1. The second kappa shape index (κ2) is 10.6. The van der Waals surface area contributed by atoms with Crippen molar-refractivity contribution in [1.82, 2.24) is 29.1 Å². The molecule has 3 heterocycles. The maximum Gasteiger partial charge on any atom is 0.249 e. The van der Waals surface area contributed by atoms with Crippen LogP contribution < -0.4 is 10.0 Å². The van der Waals surface area contributed by atoms with Crippen LogP contribution in [0.25, 0.3) is 27.9 Å². The van der Waals surface area contributed by atoms with Crippen molar-refractivity contribution in [3.63, 3.8) is 0 Å². The summed E-state index contributed by atoms with van der Waals surface area (Å²) in [6.07, 6.45) is 7.22. The zero-order chi connectivity index (χ0) is 28.7. The van der Waals surface area contributed by atoms with E-state index in [1.54, 1.807) is 40.4 Å². The third-order valence-electron chi connectivity index (χ3n) is 6.59. The highest BCUT2D eigenvalue weighted by molar-refractivity contribution is 7.84. The number of nitrogens with one attached hydrogen (secondary N) is 2. The van der Waals surface area contributed by atoms with E-state index in [1.165, 1.54) is 6.33 Å². The van der Waals surface area contributed by atoms with Crippen molar-refractivity contribution in [2.75, 3.05) is 5.32 Å². The van der Waals surface area contributed by atoms with E-state index >= 15 is 0 Å². The molecule has 11 heteroatoms. The molecule has 0 fully saturated rings. The van der Waals surface area contributed by atoms with Crippen molar-refractivity contribution in [2.24, 2.45) is 7.05 Å². The first-order valence-electron chi connectivity index (χ1n) is 12.6. The molecule has 5 rings (SSSR count). The van der Waals surface area contributed by atoms with E-state index in [1.807, 2.05) is 76.7 Å². The van der Waals surface area contributed by atoms with Gasteiger partial charge in [-0.05, 0) is 63.6 Å². The monoisotopic (exact) mass is 575 g/mol. The number of carbonyl (C=O) groups excluding carboxylic acids is 1. The standard InChI is InChI=1S/C29H30ClN7O2S/c1-28(2,3)40(39)35-29(4,22-8-10-23(30)11-9-22)27(38)34-24-12-6-19(7-13-24)26-25-14-20(17-37(25)33-18-31-26)21-15-32-36(5)16-21/h6-18,35H,1-5H3,(H,34,38). The molecule has 0 spiro atoms. The van der Waals surface area contributed by atoms with E-state index in [-0.39, 0.29) is 5.91 Å². The molecule has 2 atom stereocenters. The highest BCUT2D eigenvalue weighted by atomic mass is 35.5. The second-order valence-electron chi connectivity index (χ2n) is 10.7. The number of aromatic nitrogens is 5. The van der Waals surface area contributed by atoms with Crippen molar-refractivity contribution >= 4 is 39.7 Å². The molecule has 5 aromatic rings. The van der Waals surface area contributed by atoms with E-state index in [4.69, 9.17) is 11.6 Å². The predicted molar refractivity (Wildman–Crippen MR) is 159 cm³/mol. The van der Waals surface area contributed by atoms with E-state index < -0.39 is 21.3 Å². The number of benzene rings is 2. The Hall–Kier alpha value is -3.86. The first-order valence-corrected chi connectivity index (χ1v) is 14.2. The van der Waals surface area contributed by atoms with Gasteiger partial charge >= 0.3 is 0 Å². The molecule has 40 heavy (non-hydrogen) atoms. The summed E-state index contributed by atoms with van der Waals surface area (Å²) in [5, 5.41) is 12.1. The van der Waals surface area contributed by atoms with Gasteiger partial charge in [0.15, 0.2) is 0 Å². The molecule has 0 saturated heterocycles. The van der Waals surface area contributed by atoms with Crippen LogP contribution in [-0.2, 0) is 28.4 Å². The summed E-state index contributed by atoms with van der Waals surface area (Å²) in [4.78, 5) is 18.2. The molecule has 0 radical (unpaired) electrons. The number of nitrogens with zero attached hydrogens (tertiary/aromatic N) is 5. The molecule has 0 aliphatic rings. The Bertz CT molecular complexity index is 1710. The Morgan fingerprint density at radius 2 is 1.62 bits per heavy atom. The van der Waals surface area contributed by atoms with Crippen molar-refractivity contribution in [3.8, 4) is 22.4 Å². The van der Waals surface area contributed by atoms with E-state index in [9.17, 15) is 9.00 Å². The van der Waals surface area contributed by atoms with Crippen molar-refractivity contribution in [2.45, 2.75) is 38.0 Å². The number of carbonyl (C=O) groups is 1. The van der Waals surface area contributed by atoms with Crippen LogP contribution in [0.3, 0.4) is 0 Å². The summed E-state index contributed by atoms with van der Waals surface area (Å²) >= 11 is 6.09. The topological polar surface area (TPSA) is 106 Å². The minimum Gasteiger partial charge on any atom is -0.324 e. The van der Waals surface area contributed by atoms with Crippen LogP contribution in [0.2, 0.25) is 5.02 Å². The largest absolute Gasteiger partial charge is 0.324 e. The van der Waals surface area contributed by atoms with Crippen molar-refractivity contribution < 1.29 is 9.00 Å². The first kappa shape index (κ1) is 27.7. The fourth-order valence-electron chi connectivity index (χ4n) is 4.21. The highest BCUT2D eigenvalue weighted by Gasteiger charge is 2.39. The van der Waals surface area contributed by atoms with E-state index in [2.05, 4.69) is 25.2 Å². The fraction of sp³-hybridized carbons (Fsp3) is 0.241. The number of hydrogen-bond donors (Lipinski definition) is 2. The van der Waals surface area contributed by atoms with Crippen LogP contribution >= 0.6 is 11.6 Å². The van der Waals surface area contributed by atoms with Crippen LogP contribution in [0.15, 0.2) is 79.5 Å². The van der Waals surface area contributed by atoms with Crippen LogP contribution in [0.1, 0.15) is 33.3 Å². The maximum atomic E-state index is 13.7. The van der Waals surface area contributed by atoms with Gasteiger partial charge in [-0.2, -0.15) is 10.2 Å². The summed E-state index contributed by atoms with van der Waals surface area (Å²) in [5.74, 6) is -0.350. The number of anilines is 1. The molecule has 0 aliphatic heterocycles. The molecule has 206 valence electrons. The summed E-state index contributed by atoms with van der Waals surface area (Å²) in [7, 11) is 0.368. The average molecular weight is 576 g/mol. The Balaban J connectivity index is 1.42. The third-order valence-corrected chi connectivity index (χ3v) is 8.55. The van der Waals surface area contributed by atoms with Gasteiger partial charge in [-0.15, -0.1) is 0 Å². The lowest BCUT2D eigenvalue weighted by Crippen LogP contribution is -2.53. The van der Waals surface area contributed by atoms with Crippen molar-refractivity contribution in [1.29, 1.82) is 0 Å². The van der Waals surface area contributed by atoms with Gasteiger partial charge in [0.2, 0.25) is 5.91 Å². The first-order chi connectivity index (χ1) is 18.9. The zero-order valence-electron chi connectivity index (χ0n) is 22.8. The van der Waals surface area contributed by atoms with Gasteiger partial charge < -0.3 is 5.32 Å². The molecular weight excluding hydrogens is 546 g/mol. The predicted octanol–water partition coefficient (Wildman–Crippen LogP) is 5.36. The molecule has 2 unspecified atom stereocenters. The Labute approximate surface area is 240 Å². The zero-order valence-corrected chi connectivity index (χ0v) is 24.4. The summed E-state index contributed by atoms with van der Waals surface area (Å²) in [6, 6.07) is 16.4. The van der Waals surface area contributed by atoms with Gasteiger partial charge in [0, 0.05) is 46.8 Å². The minimum absolute atomic E-state index is 0.350. The molecule has 9 nitrogen and oxygen atoms in total. The Morgan fingerprint density at radius 3 is 2.25 bits per heavy atom. The average Bonchev–Trinajstić information content (AvgIpc) is 3.55. The van der Waals surface area contributed by atoms with Gasteiger partial charge in [0.05, 0.1) is 33.1 Å². The number of hydrogen-bond acceptors (Lipinski definition) is 5. The van der Waals surface area contributed by atoms with Gasteiger partial charge in [-0.1, -0.05) is 35.9 Å². The maximum absolute atomic E-state index is 13.7. The van der Waals surface area contributed by atoms with Gasteiger partial charge in [0.25, 0.3) is 0 Å². The van der Waals surface area contributed by atoms with Crippen molar-refractivity contribution in [3.05, 3.63) is 90.1 Å². The van der Waals surface area contributed by atoms with E-state index in [0.717, 1.165) is 27.9 Å². The minimum atomic E-state index is -1.51. The number of amides is 1. The fourth-order valence-corrected chi connectivity index (χ4v) is 5.22. The van der Waals surface area contributed by atoms with Gasteiger partial charge in [-0.25, -0.2) is 18.4 Å². The molecular formula is C29H30ClN7O2S. The Morgan fingerprint density at radius 1 is 0.925 bits per heavy atom. The van der Waals surface area contributed by atoms with Crippen LogP contribution in [-0.4, -0.2) is 39.2 Å². The number of aryl methyl sites for hydroxylation is 1. The molecule has 0 aliphatic carbocycles. The molecule has 3 aromatic heterocycles. The summed E-state index contributed by atoms with van der Waals surface area (Å²) in [6.45, 7) is 7.27. The summed E-state index contributed by atoms with van der Waals surface area (Å²) in [5.41, 5.74) is 4.40.